The van der Waals surface area contributed by atoms with Crippen molar-refractivity contribution in [1.82, 2.24) is 14.7 Å². The standard InChI is InChI=1S/C21H25N3O2S/c1-14(2)11-12-24-20(25)16-8-3-5-9-17(16)22-21(24)27-13-18-15-7-4-6-10-19(15)26-23-18/h3,5,8-9,14H,4,6-7,10-13H2,1-2H3. The average Bonchev–Trinajstić information content (AvgIpc) is 3.09. The SMILES string of the molecule is CC(C)CCn1c(SCc2noc3c2CCCC3)nc2ccccc2c1=O. The summed E-state index contributed by atoms with van der Waals surface area (Å²) in [7, 11) is 0. The van der Waals surface area contributed by atoms with Crippen LogP contribution in [0.25, 0.3) is 10.9 Å². The van der Waals surface area contributed by atoms with E-state index in [1.54, 1.807) is 11.8 Å². The first-order valence-corrected chi connectivity index (χ1v) is 10.7. The number of aromatic nitrogens is 3. The van der Waals surface area contributed by atoms with Crippen LogP contribution in [0.15, 0.2) is 38.7 Å². The van der Waals surface area contributed by atoms with Gasteiger partial charge in [-0.1, -0.05) is 42.9 Å². The van der Waals surface area contributed by atoms with Gasteiger partial charge in [-0.2, -0.15) is 0 Å². The van der Waals surface area contributed by atoms with E-state index < -0.39 is 0 Å². The highest BCUT2D eigenvalue weighted by Crippen LogP contribution is 2.29. The Hall–Kier alpha value is -2.08. The molecule has 1 aliphatic rings. The van der Waals surface area contributed by atoms with E-state index in [0.717, 1.165) is 41.4 Å². The fourth-order valence-corrected chi connectivity index (χ4v) is 4.52. The van der Waals surface area contributed by atoms with Crippen molar-refractivity contribution < 1.29 is 4.52 Å². The summed E-state index contributed by atoms with van der Waals surface area (Å²) in [5.74, 6) is 2.26. The van der Waals surface area contributed by atoms with Crippen molar-refractivity contribution in [2.45, 2.75) is 63.4 Å². The Kier molecular flexibility index (Phi) is 5.34. The Morgan fingerprint density at radius 1 is 1.22 bits per heavy atom. The zero-order valence-electron chi connectivity index (χ0n) is 15.9. The molecular weight excluding hydrogens is 358 g/mol. The monoisotopic (exact) mass is 383 g/mol. The van der Waals surface area contributed by atoms with Crippen LogP contribution in [0.3, 0.4) is 0 Å². The Bertz CT molecular complexity index is 1010. The van der Waals surface area contributed by atoms with Crippen LogP contribution in [-0.4, -0.2) is 14.7 Å². The Morgan fingerprint density at radius 3 is 2.89 bits per heavy atom. The van der Waals surface area contributed by atoms with Gasteiger partial charge in [0, 0.05) is 24.3 Å². The van der Waals surface area contributed by atoms with E-state index in [-0.39, 0.29) is 5.56 Å². The van der Waals surface area contributed by atoms with E-state index in [1.165, 1.54) is 18.4 Å². The van der Waals surface area contributed by atoms with Crippen LogP contribution in [0.2, 0.25) is 0 Å². The lowest BCUT2D eigenvalue weighted by molar-refractivity contribution is 0.369. The zero-order valence-corrected chi connectivity index (χ0v) is 16.7. The predicted molar refractivity (Wildman–Crippen MR) is 108 cm³/mol. The van der Waals surface area contributed by atoms with Crippen molar-refractivity contribution in [3.8, 4) is 0 Å². The lowest BCUT2D eigenvalue weighted by Crippen LogP contribution is -2.24. The van der Waals surface area contributed by atoms with Crippen LogP contribution in [-0.2, 0) is 25.1 Å². The molecule has 1 aromatic carbocycles. The third-order valence-electron chi connectivity index (χ3n) is 5.13. The Labute approximate surface area is 163 Å². The Morgan fingerprint density at radius 2 is 2.04 bits per heavy atom. The maximum absolute atomic E-state index is 13.0. The van der Waals surface area contributed by atoms with Crippen LogP contribution >= 0.6 is 11.8 Å². The fraction of sp³-hybridized carbons (Fsp3) is 0.476. The topological polar surface area (TPSA) is 60.9 Å². The number of aryl methyl sites for hydroxylation is 1. The molecule has 2 heterocycles. The minimum absolute atomic E-state index is 0.0472. The van der Waals surface area contributed by atoms with Gasteiger partial charge in [-0.25, -0.2) is 4.98 Å². The number of nitrogens with zero attached hydrogens (tertiary/aromatic N) is 3. The van der Waals surface area contributed by atoms with Gasteiger partial charge < -0.3 is 4.52 Å². The maximum atomic E-state index is 13.0. The second kappa shape index (κ2) is 7.89. The molecule has 6 heteroatoms. The van der Waals surface area contributed by atoms with Crippen LogP contribution < -0.4 is 5.56 Å². The van der Waals surface area contributed by atoms with Gasteiger partial charge in [0.15, 0.2) is 5.16 Å². The minimum Gasteiger partial charge on any atom is -0.361 e. The van der Waals surface area contributed by atoms with Crippen molar-refractivity contribution in [3.63, 3.8) is 0 Å². The maximum Gasteiger partial charge on any atom is 0.262 e. The molecule has 4 rings (SSSR count). The van der Waals surface area contributed by atoms with Crippen LogP contribution in [0.5, 0.6) is 0 Å². The summed E-state index contributed by atoms with van der Waals surface area (Å²) in [5.41, 5.74) is 3.08. The number of hydrogen-bond donors (Lipinski definition) is 0. The van der Waals surface area contributed by atoms with Gasteiger partial charge in [0.25, 0.3) is 5.56 Å². The van der Waals surface area contributed by atoms with Crippen molar-refractivity contribution in [2.75, 3.05) is 0 Å². The molecular formula is C21H25N3O2S. The summed E-state index contributed by atoms with van der Waals surface area (Å²) in [4.78, 5) is 17.8. The highest BCUT2D eigenvalue weighted by molar-refractivity contribution is 7.98. The number of benzene rings is 1. The van der Waals surface area contributed by atoms with Gasteiger partial charge in [-0.3, -0.25) is 9.36 Å². The molecule has 0 amide bonds. The molecule has 142 valence electrons. The van der Waals surface area contributed by atoms with E-state index in [9.17, 15) is 4.79 Å². The van der Waals surface area contributed by atoms with Gasteiger partial charge >= 0.3 is 0 Å². The van der Waals surface area contributed by atoms with E-state index in [2.05, 4.69) is 19.0 Å². The molecule has 1 aliphatic carbocycles. The van der Waals surface area contributed by atoms with Crippen molar-refractivity contribution >= 4 is 22.7 Å². The van der Waals surface area contributed by atoms with Crippen LogP contribution in [0, 0.1) is 5.92 Å². The number of rotatable bonds is 6. The molecule has 0 radical (unpaired) electrons. The highest BCUT2D eigenvalue weighted by Gasteiger charge is 2.20. The molecule has 0 N–H and O–H groups in total. The Balaban J connectivity index is 1.66. The predicted octanol–water partition coefficient (Wildman–Crippen LogP) is 4.60. The number of fused-ring (bicyclic) bond motifs is 2. The lowest BCUT2D eigenvalue weighted by atomic mass is 9.97. The summed E-state index contributed by atoms with van der Waals surface area (Å²) in [6.45, 7) is 5.04. The average molecular weight is 384 g/mol. The molecule has 0 saturated heterocycles. The van der Waals surface area contributed by atoms with E-state index in [0.29, 0.717) is 23.6 Å². The molecule has 0 fully saturated rings. The molecule has 5 nitrogen and oxygen atoms in total. The van der Waals surface area contributed by atoms with Gasteiger partial charge in [0.05, 0.1) is 16.6 Å². The van der Waals surface area contributed by atoms with E-state index in [4.69, 9.17) is 9.51 Å². The quantitative estimate of drug-likeness (QED) is 0.460. The van der Waals surface area contributed by atoms with Gasteiger partial charge in [0.1, 0.15) is 5.76 Å². The van der Waals surface area contributed by atoms with Crippen molar-refractivity contribution in [2.24, 2.45) is 5.92 Å². The fourth-order valence-electron chi connectivity index (χ4n) is 3.54. The van der Waals surface area contributed by atoms with Gasteiger partial charge in [-0.15, -0.1) is 0 Å². The molecule has 0 atom stereocenters. The van der Waals surface area contributed by atoms with Crippen molar-refractivity contribution in [1.29, 1.82) is 0 Å². The number of thioether (sulfide) groups is 1. The summed E-state index contributed by atoms with van der Waals surface area (Å²) in [6, 6.07) is 7.59. The molecule has 0 aliphatic heterocycles. The first-order valence-electron chi connectivity index (χ1n) is 9.72. The third kappa shape index (κ3) is 3.81. The summed E-state index contributed by atoms with van der Waals surface area (Å²) >= 11 is 1.59. The molecule has 0 saturated carbocycles. The van der Waals surface area contributed by atoms with Crippen LogP contribution in [0.4, 0.5) is 0 Å². The van der Waals surface area contributed by atoms with Gasteiger partial charge in [0.2, 0.25) is 0 Å². The molecule has 3 aromatic rings. The molecule has 2 aromatic heterocycles. The summed E-state index contributed by atoms with van der Waals surface area (Å²) in [5, 5.41) is 5.75. The number of hydrogen-bond acceptors (Lipinski definition) is 5. The normalized spacial score (nSPS) is 14.0. The highest BCUT2D eigenvalue weighted by atomic mass is 32.2. The second-order valence-electron chi connectivity index (χ2n) is 7.58. The molecule has 0 spiro atoms. The van der Waals surface area contributed by atoms with E-state index in [1.807, 2.05) is 28.8 Å². The van der Waals surface area contributed by atoms with Gasteiger partial charge in [-0.05, 0) is 43.7 Å². The van der Waals surface area contributed by atoms with Crippen LogP contribution in [0.1, 0.15) is 50.1 Å². The largest absolute Gasteiger partial charge is 0.361 e. The van der Waals surface area contributed by atoms with E-state index >= 15 is 0 Å². The second-order valence-corrected chi connectivity index (χ2v) is 8.52. The first kappa shape index (κ1) is 18.3. The lowest BCUT2D eigenvalue weighted by Gasteiger charge is -2.14. The molecule has 27 heavy (non-hydrogen) atoms. The molecule has 0 unspecified atom stereocenters. The third-order valence-corrected chi connectivity index (χ3v) is 6.11. The van der Waals surface area contributed by atoms with Crippen molar-refractivity contribution in [3.05, 3.63) is 51.6 Å². The number of para-hydroxylation sites is 1. The zero-order chi connectivity index (χ0) is 18.8. The summed E-state index contributed by atoms with van der Waals surface area (Å²) in [6.07, 6.45) is 5.35. The molecule has 0 bridgehead atoms. The smallest absolute Gasteiger partial charge is 0.262 e. The first-order chi connectivity index (χ1) is 13.1. The minimum atomic E-state index is 0.0472. The summed E-state index contributed by atoms with van der Waals surface area (Å²) < 4.78 is 7.36.